The number of hydrogen-bond donors (Lipinski definition) is 2. The van der Waals surface area contributed by atoms with E-state index in [-0.39, 0.29) is 23.8 Å². The maximum absolute atomic E-state index is 12.7. The lowest BCUT2D eigenvalue weighted by atomic mass is 10.1. The summed E-state index contributed by atoms with van der Waals surface area (Å²) in [6, 6.07) is 19.3. The van der Waals surface area contributed by atoms with Crippen LogP contribution in [0.15, 0.2) is 77.7 Å². The molecule has 0 aliphatic rings. The number of carbonyl (C=O) groups excluding carboxylic acids is 2. The van der Waals surface area contributed by atoms with Crippen molar-refractivity contribution in [2.45, 2.75) is 13.0 Å². The van der Waals surface area contributed by atoms with Crippen molar-refractivity contribution >= 4 is 28.3 Å². The smallest absolute Gasteiger partial charge is 0.274 e. The van der Waals surface area contributed by atoms with Gasteiger partial charge < -0.3 is 10.6 Å². The van der Waals surface area contributed by atoms with Crippen LogP contribution in [0.2, 0.25) is 0 Å². The van der Waals surface area contributed by atoms with Crippen LogP contribution in [0.25, 0.3) is 10.8 Å². The van der Waals surface area contributed by atoms with Gasteiger partial charge in [0, 0.05) is 29.9 Å². The highest BCUT2D eigenvalue weighted by molar-refractivity contribution is 5.98. The summed E-state index contributed by atoms with van der Waals surface area (Å²) in [5.41, 5.74) is 1.96. The molecule has 0 atom stereocenters. The summed E-state index contributed by atoms with van der Waals surface area (Å²) in [4.78, 5) is 41.6. The molecule has 2 N–H and O–H groups in total. The SMILES string of the molecule is Cn1nc(CC(=O)Nc2cccc(C(=O)NCc3ccccn3)c2)c2ccccc2c1=O. The topological polar surface area (TPSA) is 106 Å². The molecule has 0 fully saturated rings. The van der Waals surface area contributed by atoms with E-state index in [1.165, 1.54) is 4.68 Å². The number of pyridine rings is 1. The Balaban J connectivity index is 1.45. The van der Waals surface area contributed by atoms with Gasteiger partial charge in [-0.15, -0.1) is 0 Å². The van der Waals surface area contributed by atoms with Crippen LogP contribution in [0.1, 0.15) is 21.7 Å². The summed E-state index contributed by atoms with van der Waals surface area (Å²) in [5.74, 6) is -0.565. The molecule has 4 aromatic rings. The number of amides is 2. The lowest BCUT2D eigenvalue weighted by Crippen LogP contribution is -2.24. The number of nitrogens with zero attached hydrogens (tertiary/aromatic N) is 3. The van der Waals surface area contributed by atoms with E-state index in [2.05, 4.69) is 20.7 Å². The summed E-state index contributed by atoms with van der Waals surface area (Å²) < 4.78 is 1.23. The van der Waals surface area contributed by atoms with Crippen molar-refractivity contribution in [3.8, 4) is 0 Å². The van der Waals surface area contributed by atoms with E-state index < -0.39 is 0 Å². The third-order valence-corrected chi connectivity index (χ3v) is 4.93. The van der Waals surface area contributed by atoms with E-state index in [4.69, 9.17) is 0 Å². The maximum Gasteiger partial charge on any atom is 0.274 e. The van der Waals surface area contributed by atoms with Gasteiger partial charge in [0.05, 0.1) is 29.7 Å². The fourth-order valence-corrected chi connectivity index (χ4v) is 3.38. The third-order valence-electron chi connectivity index (χ3n) is 4.93. The Morgan fingerprint density at radius 1 is 0.969 bits per heavy atom. The fraction of sp³-hybridized carbons (Fsp3) is 0.125. The van der Waals surface area contributed by atoms with Crippen LogP contribution in [-0.2, 0) is 24.8 Å². The Morgan fingerprint density at radius 3 is 2.53 bits per heavy atom. The van der Waals surface area contributed by atoms with Crippen LogP contribution in [0.4, 0.5) is 5.69 Å². The molecule has 0 aliphatic carbocycles. The largest absolute Gasteiger partial charge is 0.346 e. The van der Waals surface area contributed by atoms with E-state index in [0.29, 0.717) is 34.3 Å². The Morgan fingerprint density at radius 2 is 1.75 bits per heavy atom. The molecular formula is C24H21N5O3. The van der Waals surface area contributed by atoms with E-state index in [1.807, 2.05) is 18.2 Å². The van der Waals surface area contributed by atoms with Crippen LogP contribution >= 0.6 is 0 Å². The van der Waals surface area contributed by atoms with Crippen molar-refractivity contribution < 1.29 is 9.59 Å². The molecule has 4 rings (SSSR count). The second-order valence-corrected chi connectivity index (χ2v) is 7.23. The number of fused-ring (bicyclic) bond motifs is 1. The quantitative estimate of drug-likeness (QED) is 0.492. The average molecular weight is 427 g/mol. The van der Waals surface area contributed by atoms with Gasteiger partial charge in [-0.3, -0.25) is 19.4 Å². The van der Waals surface area contributed by atoms with Gasteiger partial charge >= 0.3 is 0 Å². The molecule has 160 valence electrons. The average Bonchev–Trinajstić information content (AvgIpc) is 2.81. The number of anilines is 1. The molecule has 0 spiro atoms. The molecule has 2 aromatic carbocycles. The Labute approximate surface area is 183 Å². The molecule has 0 saturated heterocycles. The van der Waals surface area contributed by atoms with Crippen molar-refractivity contribution in [2.75, 3.05) is 5.32 Å². The first kappa shape index (κ1) is 20.9. The van der Waals surface area contributed by atoms with Crippen molar-refractivity contribution in [1.82, 2.24) is 20.1 Å². The minimum atomic E-state index is -0.299. The molecule has 2 heterocycles. The summed E-state index contributed by atoms with van der Waals surface area (Å²) in [5, 5.41) is 11.0. The van der Waals surface area contributed by atoms with Gasteiger partial charge in [0.25, 0.3) is 11.5 Å². The number of benzene rings is 2. The van der Waals surface area contributed by atoms with Crippen LogP contribution in [-0.4, -0.2) is 26.6 Å². The highest BCUT2D eigenvalue weighted by Crippen LogP contribution is 2.15. The van der Waals surface area contributed by atoms with Crippen LogP contribution in [0.5, 0.6) is 0 Å². The summed E-state index contributed by atoms with van der Waals surface area (Å²) in [6.45, 7) is 0.307. The molecule has 0 saturated carbocycles. The molecule has 8 heteroatoms. The fourth-order valence-electron chi connectivity index (χ4n) is 3.38. The number of hydrogen-bond acceptors (Lipinski definition) is 5. The van der Waals surface area contributed by atoms with Crippen LogP contribution in [0.3, 0.4) is 0 Å². The lowest BCUT2D eigenvalue weighted by Gasteiger charge is -2.10. The molecule has 2 amide bonds. The zero-order chi connectivity index (χ0) is 22.5. The first-order chi connectivity index (χ1) is 15.5. The first-order valence-corrected chi connectivity index (χ1v) is 10.0. The number of aryl methyl sites for hydroxylation is 1. The molecule has 32 heavy (non-hydrogen) atoms. The zero-order valence-electron chi connectivity index (χ0n) is 17.4. The summed E-state index contributed by atoms with van der Waals surface area (Å²) >= 11 is 0. The van der Waals surface area contributed by atoms with E-state index in [1.54, 1.807) is 61.8 Å². The van der Waals surface area contributed by atoms with E-state index >= 15 is 0 Å². The van der Waals surface area contributed by atoms with E-state index in [9.17, 15) is 14.4 Å². The van der Waals surface area contributed by atoms with Gasteiger partial charge in [-0.25, -0.2) is 4.68 Å². The van der Waals surface area contributed by atoms with Gasteiger partial charge in [0.1, 0.15) is 0 Å². The Bertz CT molecular complexity index is 1350. The molecule has 0 bridgehead atoms. The standard InChI is InChI=1S/C24H21N5O3/c1-29-24(32)20-11-3-2-10-19(20)21(28-29)14-22(30)27-17-9-6-7-16(13-17)23(31)26-15-18-8-4-5-12-25-18/h2-13H,14-15H2,1H3,(H,26,31)(H,27,30). The highest BCUT2D eigenvalue weighted by Gasteiger charge is 2.13. The Hall–Kier alpha value is -4.33. The molecular weight excluding hydrogens is 406 g/mol. The van der Waals surface area contributed by atoms with Crippen molar-refractivity contribution in [3.05, 3.63) is 100 Å². The van der Waals surface area contributed by atoms with Gasteiger partial charge in [-0.05, 0) is 36.4 Å². The molecule has 0 aliphatic heterocycles. The molecule has 0 unspecified atom stereocenters. The predicted octanol–water partition coefficient (Wildman–Crippen LogP) is 2.44. The number of rotatable bonds is 6. The minimum Gasteiger partial charge on any atom is -0.346 e. The number of aromatic nitrogens is 3. The van der Waals surface area contributed by atoms with Crippen molar-refractivity contribution in [3.63, 3.8) is 0 Å². The minimum absolute atomic E-state index is 0.00919. The maximum atomic E-state index is 12.7. The van der Waals surface area contributed by atoms with Gasteiger partial charge in [0.2, 0.25) is 5.91 Å². The zero-order valence-corrected chi connectivity index (χ0v) is 17.4. The lowest BCUT2D eigenvalue weighted by molar-refractivity contribution is -0.115. The van der Waals surface area contributed by atoms with Gasteiger partial charge in [0.15, 0.2) is 0 Å². The molecule has 0 radical (unpaired) electrons. The first-order valence-electron chi connectivity index (χ1n) is 10.0. The molecule has 8 nitrogen and oxygen atoms in total. The third kappa shape index (κ3) is 4.70. The van der Waals surface area contributed by atoms with Crippen molar-refractivity contribution in [2.24, 2.45) is 7.05 Å². The highest BCUT2D eigenvalue weighted by atomic mass is 16.2. The van der Waals surface area contributed by atoms with Gasteiger partial charge in [-0.2, -0.15) is 5.10 Å². The predicted molar refractivity (Wildman–Crippen MR) is 121 cm³/mol. The second-order valence-electron chi connectivity index (χ2n) is 7.23. The number of nitrogens with one attached hydrogen (secondary N) is 2. The normalized spacial score (nSPS) is 10.7. The summed E-state index contributed by atoms with van der Waals surface area (Å²) in [7, 11) is 1.56. The van der Waals surface area contributed by atoms with Crippen molar-refractivity contribution in [1.29, 1.82) is 0 Å². The van der Waals surface area contributed by atoms with Gasteiger partial charge in [-0.1, -0.05) is 30.3 Å². The number of carbonyl (C=O) groups is 2. The van der Waals surface area contributed by atoms with Crippen LogP contribution in [0, 0.1) is 0 Å². The Kier molecular flexibility index (Phi) is 6.03. The monoisotopic (exact) mass is 427 g/mol. The van der Waals surface area contributed by atoms with E-state index in [0.717, 1.165) is 5.69 Å². The van der Waals surface area contributed by atoms with Crippen LogP contribution < -0.4 is 16.2 Å². The molecule has 2 aromatic heterocycles. The second kappa shape index (κ2) is 9.22. The summed E-state index contributed by atoms with van der Waals surface area (Å²) in [6.07, 6.45) is 1.66.